The fraction of sp³-hybridized carbons (Fsp3) is 0. The minimum atomic E-state index is 0.596. The van der Waals surface area contributed by atoms with E-state index in [1.165, 1.54) is 21.8 Å². The summed E-state index contributed by atoms with van der Waals surface area (Å²) in [7, 11) is 0. The first-order chi connectivity index (χ1) is 28.2. The highest BCUT2D eigenvalue weighted by Gasteiger charge is 2.18. The second-order valence-electron chi connectivity index (χ2n) is 14.4. The second-order valence-corrected chi connectivity index (χ2v) is 14.4. The highest BCUT2D eigenvalue weighted by Crippen LogP contribution is 2.40. The van der Waals surface area contributed by atoms with Crippen molar-refractivity contribution in [3.8, 4) is 51.0 Å². The van der Waals surface area contributed by atoms with Crippen molar-refractivity contribution in [2.45, 2.75) is 0 Å². The zero-order chi connectivity index (χ0) is 37.5. The highest BCUT2D eigenvalue weighted by atomic mass is 16.3. The molecule has 266 valence electrons. The minimum Gasteiger partial charge on any atom is -0.456 e. The highest BCUT2D eigenvalue weighted by molar-refractivity contribution is 6.16. The summed E-state index contributed by atoms with van der Waals surface area (Å²) in [5.74, 6) is 1.84. The van der Waals surface area contributed by atoms with Gasteiger partial charge in [0.05, 0.1) is 11.0 Å². The van der Waals surface area contributed by atoms with E-state index in [9.17, 15) is 0 Å². The van der Waals surface area contributed by atoms with Crippen LogP contribution in [-0.2, 0) is 0 Å². The average Bonchev–Trinajstić information content (AvgIpc) is 3.94. The molecule has 4 heterocycles. The van der Waals surface area contributed by atoms with Crippen LogP contribution in [0.15, 0.2) is 191 Å². The van der Waals surface area contributed by atoms with Crippen molar-refractivity contribution in [3.05, 3.63) is 182 Å². The van der Waals surface area contributed by atoms with Gasteiger partial charge in [0.25, 0.3) is 0 Å². The van der Waals surface area contributed by atoms with Crippen molar-refractivity contribution in [1.82, 2.24) is 19.5 Å². The van der Waals surface area contributed by atoms with E-state index < -0.39 is 0 Å². The van der Waals surface area contributed by atoms with Gasteiger partial charge in [-0.25, -0.2) is 15.0 Å². The molecule has 8 aromatic carbocycles. The molecule has 0 radical (unpaired) electrons. The number of fused-ring (bicyclic) bond motifs is 9. The summed E-state index contributed by atoms with van der Waals surface area (Å²) in [5.41, 5.74) is 11.8. The van der Waals surface area contributed by atoms with Crippen molar-refractivity contribution in [1.29, 1.82) is 0 Å². The molecule has 0 fully saturated rings. The third-order valence-electron chi connectivity index (χ3n) is 11.0. The van der Waals surface area contributed by atoms with Crippen LogP contribution < -0.4 is 0 Å². The summed E-state index contributed by atoms with van der Waals surface area (Å²) in [5, 5.41) is 6.45. The molecule has 12 aromatic rings. The predicted molar refractivity (Wildman–Crippen MR) is 230 cm³/mol. The van der Waals surface area contributed by atoms with Crippen LogP contribution in [0.4, 0.5) is 0 Å². The molecule has 57 heavy (non-hydrogen) atoms. The molecular weight excluding hydrogens is 701 g/mol. The van der Waals surface area contributed by atoms with Gasteiger partial charge in [0, 0.05) is 54.7 Å². The van der Waals surface area contributed by atoms with Crippen LogP contribution in [0.3, 0.4) is 0 Å². The standard InChI is InChI=1S/C51H30N4O2/c1-4-12-31(13-5-1)49-52-50(32-14-6-2-7-15-32)54-51(53-49)35-22-25-46-40(28-35)42-30-47-41(29-48(42)57-46)39-27-34(21-24-45(39)56-47)33-20-23-44-38(26-33)37-18-10-11-19-43(37)55(44)36-16-8-3-9-17-36/h1-30H. The molecular formula is C51H30N4O2. The summed E-state index contributed by atoms with van der Waals surface area (Å²) in [4.78, 5) is 14.8. The SMILES string of the molecule is c1ccc(-c2nc(-c3ccccc3)nc(-c3ccc4oc5cc6c(cc5c4c3)oc3ccc(-c4ccc5c(c4)c4ccccc4n5-c4ccccc4)cc36)n2)cc1. The van der Waals surface area contributed by atoms with Crippen LogP contribution in [0.2, 0.25) is 0 Å². The van der Waals surface area contributed by atoms with Gasteiger partial charge in [-0.05, 0) is 83.9 Å². The van der Waals surface area contributed by atoms with Crippen LogP contribution in [-0.4, -0.2) is 19.5 Å². The van der Waals surface area contributed by atoms with Gasteiger partial charge in [0.15, 0.2) is 17.5 Å². The minimum absolute atomic E-state index is 0.596. The molecule has 6 nitrogen and oxygen atoms in total. The molecule has 0 aliphatic rings. The van der Waals surface area contributed by atoms with E-state index in [1.54, 1.807) is 0 Å². The third-order valence-corrected chi connectivity index (χ3v) is 11.0. The van der Waals surface area contributed by atoms with Gasteiger partial charge in [-0.15, -0.1) is 0 Å². The van der Waals surface area contributed by atoms with Gasteiger partial charge in [0.1, 0.15) is 22.3 Å². The Morgan fingerprint density at radius 2 is 0.737 bits per heavy atom. The number of furan rings is 2. The number of para-hydroxylation sites is 2. The smallest absolute Gasteiger partial charge is 0.164 e. The van der Waals surface area contributed by atoms with E-state index in [0.717, 1.165) is 77.4 Å². The fourth-order valence-corrected chi connectivity index (χ4v) is 8.31. The van der Waals surface area contributed by atoms with Crippen LogP contribution in [0.1, 0.15) is 0 Å². The maximum atomic E-state index is 6.52. The molecule has 0 amide bonds. The molecule has 0 spiro atoms. The maximum Gasteiger partial charge on any atom is 0.164 e. The Morgan fingerprint density at radius 3 is 1.35 bits per heavy atom. The topological polar surface area (TPSA) is 69.9 Å². The molecule has 0 saturated carbocycles. The van der Waals surface area contributed by atoms with Crippen LogP contribution in [0.25, 0.3) is 117 Å². The van der Waals surface area contributed by atoms with E-state index >= 15 is 0 Å². The Kier molecular flexibility index (Phi) is 6.83. The number of rotatable bonds is 5. The lowest BCUT2D eigenvalue weighted by molar-refractivity contribution is 0.664. The second kappa shape index (κ2) is 12.3. The van der Waals surface area contributed by atoms with Gasteiger partial charge >= 0.3 is 0 Å². The first kappa shape index (κ1) is 31.5. The quantitative estimate of drug-likeness (QED) is 0.176. The third kappa shape index (κ3) is 5.08. The Bertz CT molecular complexity index is 3450. The van der Waals surface area contributed by atoms with E-state index in [4.69, 9.17) is 23.8 Å². The Morgan fingerprint density at radius 1 is 0.298 bits per heavy atom. The van der Waals surface area contributed by atoms with Crippen LogP contribution >= 0.6 is 0 Å². The number of hydrogen-bond donors (Lipinski definition) is 0. The van der Waals surface area contributed by atoms with Gasteiger partial charge in [-0.2, -0.15) is 0 Å². The summed E-state index contributed by atoms with van der Waals surface area (Å²) >= 11 is 0. The number of hydrogen-bond acceptors (Lipinski definition) is 5. The van der Waals surface area contributed by atoms with Gasteiger partial charge < -0.3 is 13.4 Å². The van der Waals surface area contributed by atoms with E-state index in [-0.39, 0.29) is 0 Å². The van der Waals surface area contributed by atoms with Crippen molar-refractivity contribution < 1.29 is 8.83 Å². The monoisotopic (exact) mass is 730 g/mol. The molecule has 12 rings (SSSR count). The lowest BCUT2D eigenvalue weighted by Crippen LogP contribution is -2.00. The summed E-state index contributed by atoms with van der Waals surface area (Å²) in [6.07, 6.45) is 0. The molecule has 0 bridgehead atoms. The summed E-state index contributed by atoms with van der Waals surface area (Å²) in [6, 6.07) is 62.8. The average molecular weight is 731 g/mol. The molecule has 0 aliphatic carbocycles. The van der Waals surface area contributed by atoms with Crippen molar-refractivity contribution >= 4 is 65.7 Å². The zero-order valence-corrected chi connectivity index (χ0v) is 30.4. The maximum absolute atomic E-state index is 6.52. The largest absolute Gasteiger partial charge is 0.456 e. The van der Waals surface area contributed by atoms with Crippen molar-refractivity contribution in [2.24, 2.45) is 0 Å². The lowest BCUT2D eigenvalue weighted by Gasteiger charge is -2.08. The van der Waals surface area contributed by atoms with Gasteiger partial charge in [-0.3, -0.25) is 0 Å². The summed E-state index contributed by atoms with van der Waals surface area (Å²) < 4.78 is 15.4. The molecule has 6 heteroatoms. The summed E-state index contributed by atoms with van der Waals surface area (Å²) in [6.45, 7) is 0. The van der Waals surface area contributed by atoms with E-state index in [1.807, 2.05) is 72.8 Å². The van der Waals surface area contributed by atoms with Crippen LogP contribution in [0, 0.1) is 0 Å². The van der Waals surface area contributed by atoms with Crippen molar-refractivity contribution in [3.63, 3.8) is 0 Å². The van der Waals surface area contributed by atoms with Crippen LogP contribution in [0.5, 0.6) is 0 Å². The molecule has 0 aliphatic heterocycles. The first-order valence-corrected chi connectivity index (χ1v) is 19.0. The fourth-order valence-electron chi connectivity index (χ4n) is 8.31. The number of nitrogens with zero attached hydrogens (tertiary/aromatic N) is 4. The van der Waals surface area contributed by atoms with E-state index in [0.29, 0.717) is 17.5 Å². The Balaban J connectivity index is 0.970. The van der Waals surface area contributed by atoms with Crippen molar-refractivity contribution in [2.75, 3.05) is 0 Å². The molecule has 0 atom stereocenters. The molecule has 0 N–H and O–H groups in total. The molecule has 0 unspecified atom stereocenters. The zero-order valence-electron chi connectivity index (χ0n) is 30.4. The van der Waals surface area contributed by atoms with E-state index in [2.05, 4.69) is 114 Å². The van der Waals surface area contributed by atoms with Gasteiger partial charge in [-0.1, -0.05) is 109 Å². The number of benzene rings is 8. The Labute approximate surface area is 325 Å². The predicted octanol–water partition coefficient (Wildman–Crippen LogP) is 13.4. The number of aromatic nitrogens is 4. The molecule has 4 aromatic heterocycles. The van der Waals surface area contributed by atoms with Gasteiger partial charge in [0.2, 0.25) is 0 Å². The first-order valence-electron chi connectivity index (χ1n) is 19.0. The molecule has 0 saturated heterocycles. The normalized spacial score (nSPS) is 11.9. The lowest BCUT2D eigenvalue weighted by atomic mass is 10.0. The Hall–Kier alpha value is -7.83.